The highest BCUT2D eigenvalue weighted by atomic mass is 31.2. The van der Waals surface area contributed by atoms with E-state index >= 15 is 8.78 Å². The van der Waals surface area contributed by atoms with Crippen LogP contribution in [0.25, 0.3) is 0 Å². The first kappa shape index (κ1) is 31.3. The highest BCUT2D eigenvalue weighted by molar-refractivity contribution is 7.48. The van der Waals surface area contributed by atoms with Gasteiger partial charge in [0.1, 0.15) is 5.60 Å². The number of alkyl halides is 2. The molecule has 0 radical (unpaired) electrons. The van der Waals surface area contributed by atoms with Crippen molar-refractivity contribution in [2.24, 2.45) is 0 Å². The number of phosphoric acid groups is 1. The van der Waals surface area contributed by atoms with E-state index < -0.39 is 87.0 Å². The summed E-state index contributed by atoms with van der Waals surface area (Å²) in [6, 6.07) is 0.853. The van der Waals surface area contributed by atoms with Crippen LogP contribution in [0.1, 0.15) is 40.8 Å². The van der Waals surface area contributed by atoms with E-state index in [1.807, 2.05) is 4.98 Å². The predicted molar refractivity (Wildman–Crippen MR) is 120 cm³/mol. The fraction of sp³-hybridized carbons (Fsp3) is 0.750. The highest BCUT2D eigenvalue weighted by Crippen LogP contribution is 2.74. The van der Waals surface area contributed by atoms with Gasteiger partial charge in [-0.1, -0.05) is 0 Å². The van der Waals surface area contributed by atoms with E-state index in [-0.39, 0.29) is 0 Å². The van der Waals surface area contributed by atoms with Gasteiger partial charge >= 0.3 is 19.7 Å². The van der Waals surface area contributed by atoms with Gasteiger partial charge in [0.25, 0.3) is 17.9 Å². The number of halogens is 2. The van der Waals surface area contributed by atoms with E-state index in [4.69, 9.17) is 27.8 Å². The van der Waals surface area contributed by atoms with Gasteiger partial charge in [-0.25, -0.2) is 27.5 Å². The van der Waals surface area contributed by atoms with E-state index in [1.54, 1.807) is 13.8 Å². The maximum absolute atomic E-state index is 15.9. The molecular formula is C20H29F2N2O14P. The quantitative estimate of drug-likeness (QED) is 0.166. The van der Waals surface area contributed by atoms with Gasteiger partial charge in [-0.3, -0.25) is 23.4 Å². The second-order valence-corrected chi connectivity index (χ2v) is 10.8. The standard InChI is InChI=1S/C20H29F2N2O14P/c1-10(2)35-16(27)31-8-33-39(30,34-9-32-17(28)36-11(3)4)38-13-19(21)18(5,29)14(37-20(13,19)22)24-7-6-12(25)23-15(24)26/h6-7,10-11,13-14,16,27,29H,8-9H2,1-5H3,(H,23,25,26)/t13?,14-,16?,18+,19+,20-,39?/m1/s1. The molecule has 3 rings (SSSR count). The van der Waals surface area contributed by atoms with Crippen molar-refractivity contribution in [3.63, 3.8) is 0 Å². The summed E-state index contributed by atoms with van der Waals surface area (Å²) in [5.74, 6) is -3.49. The van der Waals surface area contributed by atoms with Crippen LogP contribution >= 0.6 is 7.82 Å². The Kier molecular flexibility index (Phi) is 9.06. The Balaban J connectivity index is 1.76. The Hall–Kier alpha value is -2.28. The number of nitrogens with zero attached hydrogens (tertiary/aromatic N) is 1. The minimum atomic E-state index is -5.11. The first-order valence-electron chi connectivity index (χ1n) is 11.4. The lowest BCUT2D eigenvalue weighted by Crippen LogP contribution is -2.49. The smallest absolute Gasteiger partial charge is 0.432 e. The lowest BCUT2D eigenvalue weighted by atomic mass is 9.96. The molecule has 19 heteroatoms. The molecule has 0 bridgehead atoms. The monoisotopic (exact) mass is 590 g/mol. The molecule has 0 aromatic carbocycles. The van der Waals surface area contributed by atoms with Crippen LogP contribution in [-0.4, -0.2) is 81.4 Å². The maximum atomic E-state index is 15.9. The van der Waals surface area contributed by atoms with Gasteiger partial charge in [-0.2, -0.15) is 0 Å². The number of H-pyrrole nitrogens is 1. The van der Waals surface area contributed by atoms with Crippen LogP contribution in [0, 0.1) is 0 Å². The Morgan fingerprint density at radius 1 is 1.21 bits per heavy atom. The zero-order valence-electron chi connectivity index (χ0n) is 21.4. The van der Waals surface area contributed by atoms with E-state index in [0.29, 0.717) is 4.57 Å². The molecule has 1 aliphatic carbocycles. The molecular weight excluding hydrogens is 561 g/mol. The van der Waals surface area contributed by atoms with Crippen molar-refractivity contribution in [3.8, 4) is 0 Å². The number of ether oxygens (including phenoxy) is 5. The molecule has 1 aromatic heterocycles. The number of aromatic nitrogens is 2. The molecule has 0 amide bonds. The van der Waals surface area contributed by atoms with Gasteiger partial charge < -0.3 is 33.9 Å². The van der Waals surface area contributed by atoms with Crippen molar-refractivity contribution >= 4 is 14.0 Å². The van der Waals surface area contributed by atoms with Crippen molar-refractivity contribution in [3.05, 3.63) is 33.1 Å². The summed E-state index contributed by atoms with van der Waals surface area (Å²) < 4.78 is 83.5. The number of phosphoric ester groups is 1. The predicted octanol–water partition coefficient (Wildman–Crippen LogP) is 0.925. The van der Waals surface area contributed by atoms with Crippen LogP contribution in [0.5, 0.6) is 0 Å². The number of fused-ring (bicyclic) bond motifs is 1. The average molecular weight is 590 g/mol. The number of carbonyl (C=O) groups is 1. The van der Waals surface area contributed by atoms with Gasteiger partial charge in [0.2, 0.25) is 12.5 Å². The third-order valence-electron chi connectivity index (χ3n) is 5.48. The molecule has 0 spiro atoms. The van der Waals surface area contributed by atoms with Crippen molar-refractivity contribution in [1.29, 1.82) is 0 Å². The summed E-state index contributed by atoms with van der Waals surface area (Å²) in [4.78, 5) is 36.8. The van der Waals surface area contributed by atoms with Crippen molar-refractivity contribution < 1.29 is 65.6 Å². The lowest BCUT2D eigenvalue weighted by Gasteiger charge is -2.31. The molecule has 3 unspecified atom stereocenters. The molecule has 7 atom stereocenters. The van der Waals surface area contributed by atoms with Gasteiger partial charge in [0.05, 0.1) is 12.2 Å². The number of nitrogens with one attached hydrogen (secondary N) is 1. The zero-order chi connectivity index (χ0) is 29.4. The molecule has 1 aromatic rings. The second kappa shape index (κ2) is 11.3. The number of rotatable bonds is 13. The zero-order valence-corrected chi connectivity index (χ0v) is 22.3. The van der Waals surface area contributed by atoms with Crippen LogP contribution in [0.4, 0.5) is 13.6 Å². The Morgan fingerprint density at radius 3 is 2.38 bits per heavy atom. The molecule has 1 aliphatic heterocycles. The minimum Gasteiger partial charge on any atom is -0.432 e. The Labute approximate surface area is 219 Å². The molecule has 39 heavy (non-hydrogen) atoms. The molecule has 1 saturated carbocycles. The number of aliphatic hydroxyl groups excluding tert-OH is 1. The summed E-state index contributed by atoms with van der Waals surface area (Å²) in [6.07, 6.45) is -5.93. The third kappa shape index (κ3) is 6.23. The normalized spacial score (nSPS) is 32.1. The van der Waals surface area contributed by atoms with Gasteiger partial charge in [0.15, 0.2) is 19.1 Å². The Morgan fingerprint density at radius 2 is 1.85 bits per heavy atom. The summed E-state index contributed by atoms with van der Waals surface area (Å²) in [7, 11) is -5.11. The van der Waals surface area contributed by atoms with Gasteiger partial charge in [-0.15, -0.1) is 0 Å². The fourth-order valence-electron chi connectivity index (χ4n) is 3.66. The first-order chi connectivity index (χ1) is 18.0. The summed E-state index contributed by atoms with van der Waals surface area (Å²) >= 11 is 0. The Bertz CT molecular complexity index is 1210. The second-order valence-electron chi connectivity index (χ2n) is 9.14. The largest absolute Gasteiger partial charge is 0.510 e. The highest BCUT2D eigenvalue weighted by Gasteiger charge is 2.97. The third-order valence-corrected chi connectivity index (χ3v) is 6.79. The van der Waals surface area contributed by atoms with E-state index in [1.165, 1.54) is 13.8 Å². The van der Waals surface area contributed by atoms with Gasteiger partial charge in [0, 0.05) is 12.3 Å². The topological polar surface area (TPSA) is 203 Å². The molecule has 2 heterocycles. The van der Waals surface area contributed by atoms with E-state index in [2.05, 4.69) is 9.47 Å². The fourth-order valence-corrected chi connectivity index (χ4v) is 4.77. The van der Waals surface area contributed by atoms with E-state index in [9.17, 15) is 29.2 Å². The van der Waals surface area contributed by atoms with E-state index in [0.717, 1.165) is 19.2 Å². The van der Waals surface area contributed by atoms with Gasteiger partial charge in [-0.05, 0) is 34.6 Å². The number of hydrogen-bond donors (Lipinski definition) is 3. The molecule has 3 N–H and O–H groups in total. The molecule has 2 fully saturated rings. The minimum absolute atomic E-state index is 0.495. The molecule has 222 valence electrons. The number of hydrogen-bond acceptors (Lipinski definition) is 14. The summed E-state index contributed by atoms with van der Waals surface area (Å²) in [6.45, 7) is 2.84. The van der Waals surface area contributed by atoms with Crippen LogP contribution in [0.3, 0.4) is 0 Å². The van der Waals surface area contributed by atoms with Crippen molar-refractivity contribution in [2.75, 3.05) is 13.6 Å². The van der Waals surface area contributed by atoms with Crippen LogP contribution in [0.2, 0.25) is 0 Å². The lowest BCUT2D eigenvalue weighted by molar-refractivity contribution is -0.295. The summed E-state index contributed by atoms with van der Waals surface area (Å²) in [5, 5.41) is 20.5. The van der Waals surface area contributed by atoms with Crippen LogP contribution in [0.15, 0.2) is 21.9 Å². The van der Waals surface area contributed by atoms with Crippen molar-refractivity contribution in [1.82, 2.24) is 9.55 Å². The molecule has 2 aliphatic rings. The SMILES string of the molecule is CC(C)OC(=O)OCOP(=O)(OCOC(O)OC(C)C)OC1[C@]2(F)[C@@](C)(O)[C@H](n3ccc(=O)[nH]c3=O)O[C@]12F. The molecule has 1 saturated heterocycles. The number of aliphatic hydroxyl groups is 2. The van der Waals surface area contributed by atoms with Crippen molar-refractivity contribution in [2.45, 2.75) is 82.8 Å². The maximum Gasteiger partial charge on any atom is 0.510 e. The first-order valence-corrected chi connectivity index (χ1v) is 12.9. The molecule has 16 nitrogen and oxygen atoms in total. The number of carbonyl (C=O) groups excluding carboxylic acids is 1. The number of aromatic amines is 1. The van der Waals surface area contributed by atoms with Crippen LogP contribution in [-0.2, 0) is 41.8 Å². The van der Waals surface area contributed by atoms with Crippen LogP contribution < -0.4 is 11.2 Å². The summed E-state index contributed by atoms with van der Waals surface area (Å²) in [5.41, 5.74) is -8.23. The average Bonchev–Trinajstić information content (AvgIpc) is 3.18.